The highest BCUT2D eigenvalue weighted by Crippen LogP contribution is 2.47. The van der Waals surface area contributed by atoms with E-state index in [4.69, 9.17) is 9.47 Å². The van der Waals surface area contributed by atoms with Crippen molar-refractivity contribution in [2.75, 3.05) is 0 Å². The van der Waals surface area contributed by atoms with E-state index in [-0.39, 0.29) is 19.0 Å². The van der Waals surface area contributed by atoms with Gasteiger partial charge in [0.05, 0.1) is 11.5 Å². The normalized spacial score (nSPS) is 23.6. The maximum Gasteiger partial charge on any atom is 0.317 e. The third kappa shape index (κ3) is 5.63. The van der Waals surface area contributed by atoms with Gasteiger partial charge in [-0.25, -0.2) is 0 Å². The lowest BCUT2D eigenvalue weighted by Gasteiger charge is -2.43. The minimum absolute atomic E-state index is 0.0148. The van der Waals surface area contributed by atoms with Crippen molar-refractivity contribution in [3.05, 3.63) is 102 Å². The summed E-state index contributed by atoms with van der Waals surface area (Å²) in [6.45, 7) is 1.34. The number of hydrogen-bond acceptors (Lipinski definition) is 7. The van der Waals surface area contributed by atoms with Crippen LogP contribution >= 0.6 is 0 Å². The molecule has 36 heavy (non-hydrogen) atoms. The van der Waals surface area contributed by atoms with Crippen LogP contribution < -0.4 is 0 Å². The van der Waals surface area contributed by atoms with Gasteiger partial charge < -0.3 is 19.7 Å². The van der Waals surface area contributed by atoms with Crippen molar-refractivity contribution >= 4 is 17.7 Å². The van der Waals surface area contributed by atoms with E-state index in [9.17, 15) is 24.6 Å². The van der Waals surface area contributed by atoms with E-state index in [1.807, 2.05) is 36.4 Å². The average molecular weight is 489 g/mol. The second-order valence-corrected chi connectivity index (χ2v) is 9.26. The van der Waals surface area contributed by atoms with Crippen molar-refractivity contribution in [2.24, 2.45) is 11.8 Å². The van der Waals surface area contributed by atoms with Gasteiger partial charge >= 0.3 is 11.9 Å². The average Bonchev–Trinajstić information content (AvgIpc) is 2.86. The second-order valence-electron chi connectivity index (χ2n) is 9.26. The molecule has 1 saturated carbocycles. The zero-order valence-electron chi connectivity index (χ0n) is 19.9. The fourth-order valence-electron chi connectivity index (χ4n) is 4.75. The van der Waals surface area contributed by atoms with E-state index in [2.05, 4.69) is 0 Å². The number of carbonyl (C=O) groups excluding carboxylic acids is 3. The summed E-state index contributed by atoms with van der Waals surface area (Å²) in [5, 5.41) is 21.0. The summed E-state index contributed by atoms with van der Waals surface area (Å²) in [5.74, 6) is -5.64. The predicted molar refractivity (Wildman–Crippen MR) is 131 cm³/mol. The third-order valence-corrected chi connectivity index (χ3v) is 6.50. The van der Waals surface area contributed by atoms with Crippen LogP contribution in [0.3, 0.4) is 0 Å². The summed E-state index contributed by atoms with van der Waals surface area (Å²) < 4.78 is 11.1. The van der Waals surface area contributed by atoms with Gasteiger partial charge in [-0.15, -0.1) is 0 Å². The number of benzene rings is 3. The number of ketones is 1. The van der Waals surface area contributed by atoms with E-state index >= 15 is 0 Å². The number of ether oxygens (including phenoxy) is 2. The molecule has 0 amide bonds. The maximum absolute atomic E-state index is 13.4. The van der Waals surface area contributed by atoms with Gasteiger partial charge in [-0.3, -0.25) is 14.4 Å². The fourth-order valence-corrected chi connectivity index (χ4v) is 4.75. The Morgan fingerprint density at radius 2 is 1.33 bits per heavy atom. The Morgan fingerprint density at radius 1 is 0.833 bits per heavy atom. The maximum atomic E-state index is 13.4. The molecule has 3 aromatic rings. The van der Waals surface area contributed by atoms with Crippen LogP contribution in [0.5, 0.6) is 5.75 Å². The molecule has 3 aromatic carbocycles. The number of aliphatic hydroxyl groups is 1. The van der Waals surface area contributed by atoms with Crippen LogP contribution in [0.4, 0.5) is 0 Å². The standard InChI is InChI=1S/C29H28O7/c1-29(34)16-23(31)25(27(32)35-17-19-8-4-2-5-9-19)24(21-12-14-22(30)15-13-21)26(29)28(33)36-18-20-10-6-3-7-11-20/h2-15,24-26,30,34H,16-18H2,1H3/t24-,25-,26-,29-/m0/s1. The summed E-state index contributed by atoms with van der Waals surface area (Å²) in [6, 6.07) is 24.0. The van der Waals surface area contributed by atoms with E-state index in [1.54, 1.807) is 24.3 Å². The summed E-state index contributed by atoms with van der Waals surface area (Å²) in [5.41, 5.74) is 0.187. The van der Waals surface area contributed by atoms with Gasteiger partial charge in [0.25, 0.3) is 0 Å². The summed E-state index contributed by atoms with van der Waals surface area (Å²) in [7, 11) is 0. The molecule has 4 atom stereocenters. The molecule has 1 aliphatic carbocycles. The lowest BCUT2D eigenvalue weighted by molar-refractivity contribution is -0.174. The lowest BCUT2D eigenvalue weighted by atomic mass is 9.61. The van der Waals surface area contributed by atoms with Crippen molar-refractivity contribution < 1.29 is 34.1 Å². The summed E-state index contributed by atoms with van der Waals surface area (Å²) in [4.78, 5) is 39.9. The highest BCUT2D eigenvalue weighted by molar-refractivity contribution is 6.02. The first kappa shape index (κ1) is 25.1. The number of hydrogen-bond donors (Lipinski definition) is 2. The van der Waals surface area contributed by atoms with Gasteiger partial charge in [-0.05, 0) is 35.7 Å². The molecule has 0 radical (unpaired) electrons. The van der Waals surface area contributed by atoms with E-state index in [0.717, 1.165) is 11.1 Å². The molecule has 0 saturated heterocycles. The molecule has 0 aliphatic heterocycles. The Balaban J connectivity index is 1.66. The lowest BCUT2D eigenvalue weighted by Crippen LogP contribution is -2.55. The van der Waals surface area contributed by atoms with Gasteiger partial charge in [-0.2, -0.15) is 0 Å². The second kappa shape index (κ2) is 10.7. The first-order chi connectivity index (χ1) is 17.3. The molecule has 7 heteroatoms. The van der Waals surface area contributed by atoms with Gasteiger partial charge in [-0.1, -0.05) is 72.8 Å². The largest absolute Gasteiger partial charge is 0.508 e. The van der Waals surface area contributed by atoms with Gasteiger partial charge in [0.2, 0.25) is 0 Å². The monoisotopic (exact) mass is 488 g/mol. The van der Waals surface area contributed by atoms with Crippen molar-refractivity contribution in [2.45, 2.75) is 38.1 Å². The minimum atomic E-state index is -1.76. The Kier molecular flexibility index (Phi) is 7.50. The SMILES string of the molecule is C[C@]1(O)CC(=O)[C@H](C(=O)OCc2ccccc2)[C@H](c2ccc(O)cc2)[C@H]1C(=O)OCc1ccccc1. The highest BCUT2D eigenvalue weighted by atomic mass is 16.5. The molecule has 0 spiro atoms. The Morgan fingerprint density at radius 3 is 1.86 bits per heavy atom. The first-order valence-corrected chi connectivity index (χ1v) is 11.7. The Bertz CT molecular complexity index is 1200. The van der Waals surface area contributed by atoms with Crippen LogP contribution in [0.25, 0.3) is 0 Å². The predicted octanol–water partition coefficient (Wildman–Crippen LogP) is 3.92. The molecule has 0 aromatic heterocycles. The zero-order chi connectivity index (χ0) is 25.7. The molecular weight excluding hydrogens is 460 g/mol. The molecule has 186 valence electrons. The number of carbonyl (C=O) groups is 3. The number of esters is 2. The van der Waals surface area contributed by atoms with Crippen LogP contribution in [-0.4, -0.2) is 33.5 Å². The van der Waals surface area contributed by atoms with Crippen LogP contribution in [0.1, 0.15) is 36.0 Å². The van der Waals surface area contributed by atoms with Gasteiger partial charge in [0.15, 0.2) is 5.78 Å². The Hall–Kier alpha value is -3.97. The molecule has 0 bridgehead atoms. The quantitative estimate of drug-likeness (QED) is 0.383. The smallest absolute Gasteiger partial charge is 0.317 e. The first-order valence-electron chi connectivity index (χ1n) is 11.7. The van der Waals surface area contributed by atoms with Crippen LogP contribution in [0.15, 0.2) is 84.9 Å². The van der Waals surface area contributed by atoms with Crippen LogP contribution in [-0.2, 0) is 37.1 Å². The van der Waals surface area contributed by atoms with Crippen molar-refractivity contribution in [1.82, 2.24) is 0 Å². The van der Waals surface area contributed by atoms with E-state index < -0.39 is 47.5 Å². The summed E-state index contributed by atoms with van der Waals surface area (Å²) in [6.07, 6.45) is -0.405. The van der Waals surface area contributed by atoms with Gasteiger partial charge in [0, 0.05) is 12.3 Å². The molecule has 2 N–H and O–H groups in total. The third-order valence-electron chi connectivity index (χ3n) is 6.50. The highest BCUT2D eigenvalue weighted by Gasteiger charge is 2.57. The molecular formula is C29H28O7. The molecule has 0 unspecified atom stereocenters. The Labute approximate surface area is 209 Å². The fraction of sp³-hybridized carbons (Fsp3) is 0.276. The molecule has 7 nitrogen and oxygen atoms in total. The topological polar surface area (TPSA) is 110 Å². The van der Waals surface area contributed by atoms with Gasteiger partial charge in [0.1, 0.15) is 24.9 Å². The number of aromatic hydroxyl groups is 1. The number of Topliss-reactive ketones (excluding diaryl/α,β-unsaturated/α-hetero) is 1. The van der Waals surface area contributed by atoms with Crippen LogP contribution in [0, 0.1) is 11.8 Å². The van der Waals surface area contributed by atoms with Crippen molar-refractivity contribution in [1.29, 1.82) is 0 Å². The zero-order valence-corrected chi connectivity index (χ0v) is 19.9. The number of phenols is 1. The van der Waals surface area contributed by atoms with Crippen molar-refractivity contribution in [3.63, 3.8) is 0 Å². The van der Waals surface area contributed by atoms with Crippen LogP contribution in [0.2, 0.25) is 0 Å². The molecule has 4 rings (SSSR count). The van der Waals surface area contributed by atoms with E-state index in [0.29, 0.717) is 5.56 Å². The summed E-state index contributed by atoms with van der Waals surface area (Å²) >= 11 is 0. The number of rotatable bonds is 7. The molecule has 1 fully saturated rings. The molecule has 0 heterocycles. The van der Waals surface area contributed by atoms with E-state index in [1.165, 1.54) is 31.2 Å². The molecule has 1 aliphatic rings. The number of phenolic OH excluding ortho intramolecular Hbond substituents is 1. The van der Waals surface area contributed by atoms with Crippen molar-refractivity contribution in [3.8, 4) is 5.75 Å². The minimum Gasteiger partial charge on any atom is -0.508 e.